The molecule has 4 rings (SSSR count). The van der Waals surface area contributed by atoms with Crippen molar-refractivity contribution in [2.45, 2.75) is 90.2 Å². The van der Waals surface area contributed by atoms with Crippen LogP contribution in [0.4, 0.5) is 0 Å². The van der Waals surface area contributed by atoms with Crippen LogP contribution >= 0.6 is 11.8 Å². The molecule has 0 saturated carbocycles. The maximum Gasteiger partial charge on any atom is 0.144 e. The molecule has 36 heavy (non-hydrogen) atoms. The Hall–Kier alpha value is -2.52. The molecule has 0 spiro atoms. The lowest BCUT2D eigenvalue weighted by Crippen LogP contribution is -2.30. The Morgan fingerprint density at radius 3 is 2.42 bits per heavy atom. The van der Waals surface area contributed by atoms with E-state index in [4.69, 9.17) is 4.98 Å². The van der Waals surface area contributed by atoms with Gasteiger partial charge in [0.1, 0.15) is 5.82 Å². The number of nitrogens with zero attached hydrogens (tertiary/aromatic N) is 2. The van der Waals surface area contributed by atoms with Crippen molar-refractivity contribution in [3.63, 3.8) is 0 Å². The van der Waals surface area contributed by atoms with Crippen LogP contribution in [0, 0.1) is 26.7 Å². The lowest BCUT2D eigenvalue weighted by atomic mass is 9.68. The van der Waals surface area contributed by atoms with Crippen LogP contribution in [0.15, 0.2) is 71.4 Å². The maximum atomic E-state index is 4.99. The Morgan fingerprint density at radius 1 is 1.08 bits per heavy atom. The first kappa shape index (κ1) is 26.5. The van der Waals surface area contributed by atoms with Crippen LogP contribution in [-0.2, 0) is 5.41 Å². The van der Waals surface area contributed by atoms with Gasteiger partial charge in [0.05, 0.1) is 5.69 Å². The molecule has 2 unspecified atom stereocenters. The molecule has 0 aliphatic heterocycles. The van der Waals surface area contributed by atoms with E-state index >= 15 is 0 Å². The highest BCUT2D eigenvalue weighted by molar-refractivity contribution is 8.00. The number of allylic oxidation sites excluding steroid dienone is 3. The molecular formula is C33H42N2S. The third kappa shape index (κ3) is 5.13. The number of benzene rings is 2. The maximum absolute atomic E-state index is 4.99. The average Bonchev–Trinajstić information content (AvgIpc) is 3.33. The highest BCUT2D eigenvalue weighted by Gasteiger charge is 2.34. The molecule has 0 N–H and O–H groups in total. The standard InChI is InChI=1S/C33H42N2S/c1-9-26(7)33(8,10-2)30-16-15-28(36-27-13-11-22(3)12-14-27)21-29(30)32-34-17-18-35(32)31-24(5)19-23(4)20-25(31)6/h11-13,15-21,26-27H,9-10,14H2,1-8H3/t26-,27?,33?/m1/s1. The third-order valence-corrected chi connectivity index (χ3v) is 9.51. The number of thioether (sulfide) groups is 1. The minimum absolute atomic E-state index is 0.0754. The summed E-state index contributed by atoms with van der Waals surface area (Å²) in [5, 5.41) is 0.473. The van der Waals surface area contributed by atoms with Crippen LogP contribution in [0.3, 0.4) is 0 Å². The summed E-state index contributed by atoms with van der Waals surface area (Å²) in [6.45, 7) is 18.3. The Bertz CT molecular complexity index is 1270. The molecule has 190 valence electrons. The van der Waals surface area contributed by atoms with Gasteiger partial charge in [-0.2, -0.15) is 0 Å². The topological polar surface area (TPSA) is 17.8 Å². The van der Waals surface area contributed by atoms with Crippen molar-refractivity contribution in [2.75, 3.05) is 0 Å². The quantitative estimate of drug-likeness (QED) is 0.308. The number of aryl methyl sites for hydroxylation is 3. The first-order valence-corrected chi connectivity index (χ1v) is 14.3. The molecule has 0 bridgehead atoms. The summed E-state index contributed by atoms with van der Waals surface area (Å²) in [5.74, 6) is 1.61. The number of aromatic nitrogens is 2. The first-order chi connectivity index (χ1) is 17.2. The zero-order valence-corrected chi connectivity index (χ0v) is 24.2. The minimum Gasteiger partial charge on any atom is -0.299 e. The van der Waals surface area contributed by atoms with Gasteiger partial charge >= 0.3 is 0 Å². The Balaban J connectivity index is 1.88. The summed E-state index contributed by atoms with van der Waals surface area (Å²) >= 11 is 1.96. The van der Waals surface area contributed by atoms with Crippen LogP contribution in [0.2, 0.25) is 0 Å². The zero-order chi connectivity index (χ0) is 26.0. The van der Waals surface area contributed by atoms with Gasteiger partial charge in [0.25, 0.3) is 0 Å². The molecule has 3 atom stereocenters. The van der Waals surface area contributed by atoms with Crippen molar-refractivity contribution in [3.05, 3.63) is 88.8 Å². The Labute approximate surface area is 222 Å². The second-order valence-electron chi connectivity index (χ2n) is 10.9. The van der Waals surface area contributed by atoms with E-state index < -0.39 is 0 Å². The van der Waals surface area contributed by atoms with Gasteiger partial charge in [-0.1, -0.05) is 81.7 Å². The third-order valence-electron chi connectivity index (χ3n) is 8.33. The van der Waals surface area contributed by atoms with Gasteiger partial charge in [0, 0.05) is 28.1 Å². The smallest absolute Gasteiger partial charge is 0.144 e. The van der Waals surface area contributed by atoms with E-state index in [1.807, 2.05) is 18.0 Å². The monoisotopic (exact) mass is 498 g/mol. The fourth-order valence-electron chi connectivity index (χ4n) is 5.74. The first-order valence-electron chi connectivity index (χ1n) is 13.5. The molecular weight excluding hydrogens is 456 g/mol. The van der Waals surface area contributed by atoms with Gasteiger partial charge in [0.15, 0.2) is 0 Å². The van der Waals surface area contributed by atoms with E-state index in [0.717, 1.165) is 25.1 Å². The molecule has 1 heterocycles. The van der Waals surface area contributed by atoms with Gasteiger partial charge in [-0.15, -0.1) is 11.8 Å². The highest BCUT2D eigenvalue weighted by Crippen LogP contribution is 2.44. The van der Waals surface area contributed by atoms with E-state index in [9.17, 15) is 0 Å². The number of rotatable bonds is 8. The van der Waals surface area contributed by atoms with Crippen molar-refractivity contribution in [3.8, 4) is 17.1 Å². The van der Waals surface area contributed by atoms with Crippen molar-refractivity contribution >= 4 is 11.8 Å². The van der Waals surface area contributed by atoms with Crippen LogP contribution in [0.5, 0.6) is 0 Å². The van der Waals surface area contributed by atoms with E-state index in [1.165, 1.54) is 44.0 Å². The summed E-state index contributed by atoms with van der Waals surface area (Å²) < 4.78 is 2.32. The average molecular weight is 499 g/mol. The zero-order valence-electron chi connectivity index (χ0n) is 23.4. The Morgan fingerprint density at radius 2 is 1.81 bits per heavy atom. The van der Waals surface area contributed by atoms with Gasteiger partial charge in [-0.05, 0) is 80.7 Å². The predicted octanol–water partition coefficient (Wildman–Crippen LogP) is 9.55. The molecule has 0 amide bonds. The summed E-state index contributed by atoms with van der Waals surface area (Å²) in [6.07, 6.45) is 14.4. The SMILES string of the molecule is CC[C@@H](C)C(C)(CC)c1ccc(SC2C=CC(C)=CC2)cc1-c1nccn1-c1c(C)cc(C)cc1C. The fourth-order valence-corrected chi connectivity index (χ4v) is 6.77. The van der Waals surface area contributed by atoms with Gasteiger partial charge in [-0.25, -0.2) is 4.98 Å². The molecule has 0 radical (unpaired) electrons. The van der Waals surface area contributed by atoms with Crippen molar-refractivity contribution in [1.82, 2.24) is 9.55 Å². The number of hydrogen-bond acceptors (Lipinski definition) is 2. The Kier molecular flexibility index (Phi) is 7.99. The van der Waals surface area contributed by atoms with Crippen molar-refractivity contribution < 1.29 is 0 Å². The summed E-state index contributed by atoms with van der Waals surface area (Å²) in [6, 6.07) is 11.7. The lowest BCUT2D eigenvalue weighted by Gasteiger charge is -2.37. The number of imidazole rings is 1. The largest absolute Gasteiger partial charge is 0.299 e. The molecule has 1 aliphatic carbocycles. The molecule has 0 saturated heterocycles. The van der Waals surface area contributed by atoms with Gasteiger partial charge in [-0.3, -0.25) is 4.57 Å². The van der Waals surface area contributed by atoms with Gasteiger partial charge in [0.2, 0.25) is 0 Å². The normalized spacial score (nSPS) is 18.1. The van der Waals surface area contributed by atoms with Crippen molar-refractivity contribution in [2.24, 2.45) is 5.92 Å². The van der Waals surface area contributed by atoms with Gasteiger partial charge < -0.3 is 0 Å². The van der Waals surface area contributed by atoms with E-state index in [-0.39, 0.29) is 5.41 Å². The van der Waals surface area contributed by atoms with E-state index in [2.05, 4.69) is 115 Å². The molecule has 3 aromatic rings. The highest BCUT2D eigenvalue weighted by atomic mass is 32.2. The van der Waals surface area contributed by atoms with Crippen molar-refractivity contribution in [1.29, 1.82) is 0 Å². The second kappa shape index (κ2) is 10.8. The predicted molar refractivity (Wildman–Crippen MR) is 157 cm³/mol. The summed E-state index contributed by atoms with van der Waals surface area (Å²) in [5.41, 5.74) is 9.23. The molecule has 1 aliphatic rings. The van der Waals surface area contributed by atoms with E-state index in [0.29, 0.717) is 11.2 Å². The summed E-state index contributed by atoms with van der Waals surface area (Å²) in [4.78, 5) is 6.30. The lowest BCUT2D eigenvalue weighted by molar-refractivity contribution is 0.296. The summed E-state index contributed by atoms with van der Waals surface area (Å²) in [7, 11) is 0. The number of hydrogen-bond donors (Lipinski definition) is 0. The van der Waals surface area contributed by atoms with Crippen LogP contribution in [0.25, 0.3) is 17.1 Å². The minimum atomic E-state index is 0.0754. The fraction of sp³-hybridized carbons (Fsp3) is 0.424. The molecule has 2 aromatic carbocycles. The van der Waals surface area contributed by atoms with Crippen LogP contribution in [0.1, 0.15) is 76.1 Å². The molecule has 1 aromatic heterocycles. The molecule has 2 nitrogen and oxygen atoms in total. The van der Waals surface area contributed by atoms with E-state index in [1.54, 1.807) is 0 Å². The van der Waals surface area contributed by atoms with Crippen LogP contribution in [-0.4, -0.2) is 14.8 Å². The molecule has 3 heteroatoms. The second-order valence-corrected chi connectivity index (χ2v) is 12.2. The van der Waals surface area contributed by atoms with Crippen LogP contribution < -0.4 is 0 Å². The molecule has 0 fully saturated rings.